The molecule has 1 saturated carbocycles. The number of hydrogen-bond donors (Lipinski definition) is 2. The lowest BCUT2D eigenvalue weighted by molar-refractivity contribution is -0.121. The zero-order valence-corrected chi connectivity index (χ0v) is 19.6. The Bertz CT molecular complexity index is 1420. The number of benzene rings is 1. The molecule has 4 heterocycles. The number of phenolic OH excluding ortho intramolecular Hbond substituents is 1. The highest BCUT2D eigenvalue weighted by atomic mass is 16.6. The molecular formula is C26H26N4O6. The maximum Gasteiger partial charge on any atom is 0.416 e. The Kier molecular flexibility index (Phi) is 5.60. The Morgan fingerprint density at radius 1 is 1.08 bits per heavy atom. The molecule has 0 unspecified atom stereocenters. The molecule has 0 spiro atoms. The molecule has 2 N–H and O–H groups in total. The standard InChI is InChI=1S/C26H26N4O6/c31-17-4-1-15-2-8-25(33)29(21(15)13-17)10-9-27-16-3-5-20-23(11-16)36-26(34)30(20)24-7-6-22-19(28-24)12-18(32)14-35-22/h1-2,4,6-8,13,16,20,23,27,31H,3,5,9-12,14H2/t16-,20-,23-/m1/s1. The molecule has 2 fully saturated rings. The van der Waals surface area contributed by atoms with Gasteiger partial charge in [-0.05, 0) is 48.6 Å². The number of ether oxygens (including phenoxy) is 2. The van der Waals surface area contributed by atoms with E-state index in [1.807, 2.05) is 0 Å². The molecule has 3 atom stereocenters. The normalized spacial score (nSPS) is 23.2. The second-order valence-electron chi connectivity index (χ2n) is 9.51. The molecule has 6 rings (SSSR count). The van der Waals surface area contributed by atoms with Gasteiger partial charge in [0.1, 0.15) is 30.0 Å². The molecule has 2 aromatic heterocycles. The van der Waals surface area contributed by atoms with Crippen LogP contribution in [0, 0.1) is 0 Å². The van der Waals surface area contributed by atoms with Gasteiger partial charge in [0.25, 0.3) is 5.56 Å². The summed E-state index contributed by atoms with van der Waals surface area (Å²) < 4.78 is 12.8. The van der Waals surface area contributed by atoms with Gasteiger partial charge < -0.3 is 24.5 Å². The zero-order chi connectivity index (χ0) is 24.8. The van der Waals surface area contributed by atoms with Crippen molar-refractivity contribution in [2.45, 2.75) is 50.4 Å². The van der Waals surface area contributed by atoms with Crippen LogP contribution in [0.3, 0.4) is 0 Å². The highest BCUT2D eigenvalue weighted by molar-refractivity contribution is 5.90. The summed E-state index contributed by atoms with van der Waals surface area (Å²) in [6.07, 6.45) is 1.74. The third-order valence-electron chi connectivity index (χ3n) is 7.20. The summed E-state index contributed by atoms with van der Waals surface area (Å²) in [5.41, 5.74) is 1.12. The van der Waals surface area contributed by atoms with Crippen LogP contribution in [0.25, 0.3) is 10.9 Å². The number of aromatic hydroxyl groups is 1. The minimum Gasteiger partial charge on any atom is -0.508 e. The summed E-state index contributed by atoms with van der Waals surface area (Å²) in [5.74, 6) is 1.14. The van der Waals surface area contributed by atoms with Crippen molar-refractivity contribution in [2.24, 2.45) is 0 Å². The highest BCUT2D eigenvalue weighted by Crippen LogP contribution is 2.36. The Balaban J connectivity index is 1.11. The number of anilines is 1. The van der Waals surface area contributed by atoms with Crippen LogP contribution in [0.5, 0.6) is 11.5 Å². The molecule has 3 aromatic rings. The number of nitrogens with one attached hydrogen (secondary N) is 1. The van der Waals surface area contributed by atoms with Crippen molar-refractivity contribution in [1.29, 1.82) is 0 Å². The number of carbonyl (C=O) groups is 2. The van der Waals surface area contributed by atoms with E-state index in [4.69, 9.17) is 9.47 Å². The van der Waals surface area contributed by atoms with Crippen LogP contribution in [-0.4, -0.2) is 57.9 Å². The first kappa shape index (κ1) is 22.5. The van der Waals surface area contributed by atoms with E-state index in [0.29, 0.717) is 42.3 Å². The van der Waals surface area contributed by atoms with E-state index in [9.17, 15) is 19.5 Å². The number of fused-ring (bicyclic) bond motifs is 3. The van der Waals surface area contributed by atoms with Gasteiger partial charge in [-0.1, -0.05) is 0 Å². The Hall–Kier alpha value is -3.92. The van der Waals surface area contributed by atoms with Gasteiger partial charge in [-0.15, -0.1) is 0 Å². The summed E-state index contributed by atoms with van der Waals surface area (Å²) in [5, 5.41) is 14.2. The van der Waals surface area contributed by atoms with Crippen molar-refractivity contribution in [3.63, 3.8) is 0 Å². The van der Waals surface area contributed by atoms with E-state index in [0.717, 1.165) is 18.2 Å². The van der Waals surface area contributed by atoms with Gasteiger partial charge in [0.2, 0.25) is 0 Å². The van der Waals surface area contributed by atoms with Crippen LogP contribution in [0.1, 0.15) is 25.0 Å². The van der Waals surface area contributed by atoms with Crippen LogP contribution < -0.4 is 20.5 Å². The average Bonchev–Trinajstić information content (AvgIpc) is 3.19. The van der Waals surface area contributed by atoms with Gasteiger partial charge in [0.15, 0.2) is 5.78 Å². The van der Waals surface area contributed by atoms with Gasteiger partial charge in [0, 0.05) is 37.7 Å². The summed E-state index contributed by atoms with van der Waals surface area (Å²) >= 11 is 0. The molecular weight excluding hydrogens is 464 g/mol. The summed E-state index contributed by atoms with van der Waals surface area (Å²) in [6, 6.07) is 11.8. The first-order valence-corrected chi connectivity index (χ1v) is 12.2. The van der Waals surface area contributed by atoms with E-state index >= 15 is 0 Å². The molecule has 1 aromatic carbocycles. The fourth-order valence-electron chi connectivity index (χ4n) is 5.46. The molecule has 1 amide bonds. The van der Waals surface area contributed by atoms with Crippen molar-refractivity contribution in [1.82, 2.24) is 14.9 Å². The average molecular weight is 491 g/mol. The highest BCUT2D eigenvalue weighted by Gasteiger charge is 2.46. The molecule has 1 aliphatic carbocycles. The minimum atomic E-state index is -0.428. The zero-order valence-electron chi connectivity index (χ0n) is 19.6. The second kappa shape index (κ2) is 8.94. The van der Waals surface area contributed by atoms with Gasteiger partial charge in [-0.2, -0.15) is 0 Å². The van der Waals surface area contributed by atoms with E-state index in [-0.39, 0.29) is 48.3 Å². The Labute approximate surface area is 206 Å². The predicted molar refractivity (Wildman–Crippen MR) is 130 cm³/mol. The molecule has 0 bridgehead atoms. The van der Waals surface area contributed by atoms with Gasteiger partial charge >= 0.3 is 6.09 Å². The van der Waals surface area contributed by atoms with Crippen LogP contribution in [0.15, 0.2) is 47.3 Å². The number of rotatable bonds is 5. The summed E-state index contributed by atoms with van der Waals surface area (Å²) in [6.45, 7) is 1.07. The van der Waals surface area contributed by atoms with Gasteiger partial charge in [-0.3, -0.25) is 14.5 Å². The molecule has 10 heteroatoms. The smallest absolute Gasteiger partial charge is 0.416 e. The Morgan fingerprint density at radius 3 is 2.83 bits per heavy atom. The van der Waals surface area contributed by atoms with Crippen molar-refractivity contribution in [3.05, 3.63) is 58.5 Å². The number of carbonyl (C=O) groups excluding carboxylic acids is 2. The molecule has 1 saturated heterocycles. The lowest BCUT2D eigenvalue weighted by atomic mass is 9.88. The maximum atomic E-state index is 12.8. The molecule has 186 valence electrons. The Morgan fingerprint density at radius 2 is 1.94 bits per heavy atom. The van der Waals surface area contributed by atoms with Gasteiger partial charge in [-0.25, -0.2) is 9.78 Å². The topological polar surface area (TPSA) is 123 Å². The van der Waals surface area contributed by atoms with Crippen LogP contribution in [-0.2, 0) is 22.5 Å². The fraction of sp³-hybridized carbons (Fsp3) is 0.385. The number of aromatic nitrogens is 2. The quantitative estimate of drug-likeness (QED) is 0.558. The molecule has 0 radical (unpaired) electrons. The number of pyridine rings is 2. The van der Waals surface area contributed by atoms with Crippen LogP contribution in [0.4, 0.5) is 10.6 Å². The van der Waals surface area contributed by atoms with Crippen molar-refractivity contribution >= 4 is 28.6 Å². The first-order valence-electron chi connectivity index (χ1n) is 12.2. The third kappa shape index (κ3) is 4.07. The van der Waals surface area contributed by atoms with Crippen LogP contribution >= 0.6 is 0 Å². The lowest BCUT2D eigenvalue weighted by Gasteiger charge is -2.33. The lowest BCUT2D eigenvalue weighted by Crippen LogP contribution is -2.46. The maximum absolute atomic E-state index is 12.8. The predicted octanol–water partition coefficient (Wildman–Crippen LogP) is 2.14. The molecule has 10 nitrogen and oxygen atoms in total. The van der Waals surface area contributed by atoms with Crippen LogP contribution in [0.2, 0.25) is 0 Å². The van der Waals surface area contributed by atoms with Crippen molar-refractivity contribution < 1.29 is 24.2 Å². The number of Topliss-reactive ketones (excluding diaryl/α,β-unsaturated/α-hetero) is 1. The number of amides is 1. The van der Waals surface area contributed by atoms with E-state index in [2.05, 4.69) is 10.3 Å². The van der Waals surface area contributed by atoms with Crippen molar-refractivity contribution in [3.8, 4) is 11.5 Å². The largest absolute Gasteiger partial charge is 0.508 e. The molecule has 2 aliphatic heterocycles. The van der Waals surface area contributed by atoms with E-state index in [1.54, 1.807) is 45.9 Å². The fourth-order valence-corrected chi connectivity index (χ4v) is 5.46. The summed E-state index contributed by atoms with van der Waals surface area (Å²) in [7, 11) is 0. The molecule has 3 aliphatic rings. The summed E-state index contributed by atoms with van der Waals surface area (Å²) in [4.78, 5) is 43.1. The third-order valence-corrected chi connectivity index (χ3v) is 7.20. The van der Waals surface area contributed by atoms with E-state index in [1.165, 1.54) is 6.07 Å². The number of nitrogens with zero attached hydrogens (tertiary/aromatic N) is 3. The second-order valence-corrected chi connectivity index (χ2v) is 9.51. The van der Waals surface area contributed by atoms with E-state index < -0.39 is 6.09 Å². The monoisotopic (exact) mass is 490 g/mol. The number of hydrogen-bond acceptors (Lipinski definition) is 8. The first-order chi connectivity index (χ1) is 17.5. The molecule has 36 heavy (non-hydrogen) atoms. The number of ketones is 1. The van der Waals surface area contributed by atoms with Gasteiger partial charge in [0.05, 0.1) is 23.7 Å². The number of phenols is 1. The minimum absolute atomic E-state index is 0.0387. The SMILES string of the molecule is O=C1COc2ccc(N3C(=O)O[C@@H]4C[C@H](NCCn5c(=O)ccc6ccc(O)cc65)CC[C@H]43)nc2C1. The van der Waals surface area contributed by atoms with Crippen molar-refractivity contribution in [2.75, 3.05) is 18.1 Å².